The second kappa shape index (κ2) is 5.95. The van der Waals surface area contributed by atoms with Crippen LogP contribution in [0.4, 0.5) is 0 Å². The molecule has 0 atom stereocenters. The van der Waals surface area contributed by atoms with E-state index in [1.807, 2.05) is 19.1 Å². The topological polar surface area (TPSA) is 68.3 Å². The summed E-state index contributed by atoms with van der Waals surface area (Å²) in [5, 5.41) is 0. The van der Waals surface area contributed by atoms with Crippen LogP contribution in [0.5, 0.6) is 0 Å². The van der Waals surface area contributed by atoms with Crippen LogP contribution in [0.15, 0.2) is 39.6 Å². The van der Waals surface area contributed by atoms with Crippen LogP contribution in [-0.2, 0) is 5.75 Å². The standard InChI is InChI=1S/C14H16N2O2S/c1-9-5-3-4-6-13(9)19-8-11-7-12(14(17)16-15)18-10(11)2/h3-7H,8,15H2,1-2H3,(H,16,17). The van der Waals surface area contributed by atoms with E-state index < -0.39 is 5.91 Å². The van der Waals surface area contributed by atoms with Crippen LogP contribution in [0, 0.1) is 13.8 Å². The number of furan rings is 1. The van der Waals surface area contributed by atoms with Crippen LogP contribution in [0.3, 0.4) is 0 Å². The maximum atomic E-state index is 11.4. The van der Waals surface area contributed by atoms with Crippen molar-refractivity contribution >= 4 is 17.7 Å². The van der Waals surface area contributed by atoms with Crippen molar-refractivity contribution in [3.63, 3.8) is 0 Å². The van der Waals surface area contributed by atoms with Crippen LogP contribution >= 0.6 is 11.8 Å². The molecule has 3 N–H and O–H groups in total. The highest BCUT2D eigenvalue weighted by Crippen LogP contribution is 2.28. The summed E-state index contributed by atoms with van der Waals surface area (Å²) >= 11 is 1.72. The molecule has 2 aromatic rings. The Labute approximate surface area is 116 Å². The van der Waals surface area contributed by atoms with Crippen molar-refractivity contribution in [2.24, 2.45) is 5.84 Å². The minimum absolute atomic E-state index is 0.250. The molecule has 100 valence electrons. The Morgan fingerprint density at radius 2 is 2.11 bits per heavy atom. The Balaban J connectivity index is 2.10. The van der Waals surface area contributed by atoms with Gasteiger partial charge in [-0.15, -0.1) is 11.8 Å². The maximum Gasteiger partial charge on any atom is 0.300 e. The van der Waals surface area contributed by atoms with Gasteiger partial charge in [-0.2, -0.15) is 0 Å². The Morgan fingerprint density at radius 3 is 2.79 bits per heavy atom. The number of amides is 1. The molecular weight excluding hydrogens is 260 g/mol. The molecule has 0 fully saturated rings. The van der Waals surface area contributed by atoms with Gasteiger partial charge >= 0.3 is 5.91 Å². The van der Waals surface area contributed by atoms with Crippen LogP contribution in [-0.4, -0.2) is 5.91 Å². The molecule has 2 rings (SSSR count). The molecule has 0 radical (unpaired) electrons. The Bertz CT molecular complexity index is 593. The molecule has 5 heteroatoms. The number of hydrogen-bond acceptors (Lipinski definition) is 4. The molecule has 1 aromatic heterocycles. The van der Waals surface area contributed by atoms with Crippen molar-refractivity contribution in [3.8, 4) is 0 Å². The van der Waals surface area contributed by atoms with Gasteiger partial charge in [0.25, 0.3) is 0 Å². The number of nitrogen functional groups attached to an aromatic ring is 1. The lowest BCUT2D eigenvalue weighted by Crippen LogP contribution is -2.29. The summed E-state index contributed by atoms with van der Waals surface area (Å²) in [4.78, 5) is 12.6. The number of hydrogen-bond donors (Lipinski definition) is 2. The normalized spacial score (nSPS) is 10.5. The molecule has 0 spiro atoms. The number of rotatable bonds is 4. The van der Waals surface area contributed by atoms with Gasteiger partial charge in [-0.25, -0.2) is 5.84 Å². The van der Waals surface area contributed by atoms with Gasteiger partial charge in [-0.1, -0.05) is 18.2 Å². The van der Waals surface area contributed by atoms with Crippen LogP contribution in [0.2, 0.25) is 0 Å². The van der Waals surface area contributed by atoms with E-state index in [-0.39, 0.29) is 5.76 Å². The average molecular weight is 276 g/mol. The first-order valence-electron chi connectivity index (χ1n) is 5.90. The second-order valence-corrected chi connectivity index (χ2v) is 5.24. The van der Waals surface area contributed by atoms with Crippen molar-refractivity contribution in [3.05, 3.63) is 53.0 Å². The molecule has 1 aromatic carbocycles. The van der Waals surface area contributed by atoms with E-state index in [9.17, 15) is 4.79 Å². The summed E-state index contributed by atoms with van der Waals surface area (Å²) < 4.78 is 5.38. The van der Waals surface area contributed by atoms with Crippen molar-refractivity contribution < 1.29 is 9.21 Å². The highest BCUT2D eigenvalue weighted by Gasteiger charge is 2.13. The minimum Gasteiger partial charge on any atom is -0.456 e. The van der Waals surface area contributed by atoms with Gasteiger partial charge < -0.3 is 4.42 Å². The van der Waals surface area contributed by atoms with Crippen molar-refractivity contribution in [1.82, 2.24) is 5.43 Å². The second-order valence-electron chi connectivity index (χ2n) is 4.22. The van der Waals surface area contributed by atoms with Gasteiger partial charge in [0.2, 0.25) is 0 Å². The predicted molar refractivity (Wildman–Crippen MR) is 75.8 cm³/mol. The first-order chi connectivity index (χ1) is 9.11. The van der Waals surface area contributed by atoms with Crippen LogP contribution in [0.25, 0.3) is 0 Å². The molecule has 0 bridgehead atoms. The first kappa shape index (κ1) is 13.7. The van der Waals surface area contributed by atoms with Gasteiger partial charge in [0, 0.05) is 16.2 Å². The third-order valence-corrected chi connectivity index (χ3v) is 4.08. The summed E-state index contributed by atoms with van der Waals surface area (Å²) in [7, 11) is 0. The van der Waals surface area contributed by atoms with E-state index in [1.165, 1.54) is 10.5 Å². The first-order valence-corrected chi connectivity index (χ1v) is 6.89. The summed E-state index contributed by atoms with van der Waals surface area (Å²) in [5.74, 6) is 6.44. The predicted octanol–water partition coefficient (Wildman–Crippen LogP) is 2.79. The van der Waals surface area contributed by atoms with Gasteiger partial charge in [-0.05, 0) is 31.5 Å². The molecular formula is C14H16N2O2S. The molecule has 0 aliphatic carbocycles. The lowest BCUT2D eigenvalue weighted by atomic mass is 10.2. The molecule has 0 saturated carbocycles. The number of thioether (sulfide) groups is 1. The monoisotopic (exact) mass is 276 g/mol. The number of benzene rings is 1. The van der Waals surface area contributed by atoms with Crippen molar-refractivity contribution in [2.75, 3.05) is 0 Å². The Hall–Kier alpha value is -1.72. The maximum absolute atomic E-state index is 11.4. The smallest absolute Gasteiger partial charge is 0.300 e. The zero-order valence-corrected chi connectivity index (χ0v) is 11.7. The molecule has 0 unspecified atom stereocenters. The Kier molecular flexibility index (Phi) is 4.29. The third kappa shape index (κ3) is 3.19. The molecule has 0 aliphatic rings. The molecule has 1 heterocycles. The lowest BCUT2D eigenvalue weighted by Gasteiger charge is -2.03. The zero-order chi connectivity index (χ0) is 13.8. The van der Waals surface area contributed by atoms with Gasteiger partial charge in [0.1, 0.15) is 5.76 Å². The minimum atomic E-state index is -0.407. The summed E-state index contributed by atoms with van der Waals surface area (Å²) in [6, 6.07) is 9.95. The van der Waals surface area contributed by atoms with E-state index >= 15 is 0 Å². The van der Waals surface area contributed by atoms with Gasteiger partial charge in [0.15, 0.2) is 5.76 Å². The molecule has 1 amide bonds. The van der Waals surface area contributed by atoms with E-state index in [1.54, 1.807) is 17.8 Å². The van der Waals surface area contributed by atoms with Gasteiger partial charge in [-0.3, -0.25) is 10.2 Å². The fraction of sp³-hybridized carbons (Fsp3) is 0.214. The van der Waals surface area contributed by atoms with Crippen molar-refractivity contribution in [1.29, 1.82) is 0 Å². The fourth-order valence-electron chi connectivity index (χ4n) is 1.72. The number of nitrogens with one attached hydrogen (secondary N) is 1. The van der Waals surface area contributed by atoms with Crippen LogP contribution in [0.1, 0.15) is 27.4 Å². The fourth-order valence-corrected chi connectivity index (χ4v) is 2.79. The van der Waals surface area contributed by atoms with E-state index in [0.717, 1.165) is 17.1 Å². The molecule has 0 aliphatic heterocycles. The highest BCUT2D eigenvalue weighted by molar-refractivity contribution is 7.98. The average Bonchev–Trinajstić information content (AvgIpc) is 2.78. The largest absolute Gasteiger partial charge is 0.456 e. The molecule has 19 heavy (non-hydrogen) atoms. The highest BCUT2D eigenvalue weighted by atomic mass is 32.2. The van der Waals surface area contributed by atoms with E-state index in [4.69, 9.17) is 10.3 Å². The number of nitrogens with two attached hydrogens (primary N) is 1. The summed E-state index contributed by atoms with van der Waals surface area (Å²) in [5.41, 5.74) is 4.32. The number of hydrazine groups is 1. The van der Waals surface area contributed by atoms with E-state index in [2.05, 4.69) is 24.5 Å². The van der Waals surface area contributed by atoms with E-state index in [0.29, 0.717) is 0 Å². The van der Waals surface area contributed by atoms with Crippen LogP contribution < -0.4 is 11.3 Å². The SMILES string of the molecule is Cc1ccccc1SCc1cc(C(=O)NN)oc1C. The lowest BCUT2D eigenvalue weighted by molar-refractivity contribution is 0.0924. The summed E-state index contributed by atoms with van der Waals surface area (Å²) in [6.07, 6.45) is 0. The van der Waals surface area contributed by atoms with Crippen molar-refractivity contribution in [2.45, 2.75) is 24.5 Å². The van der Waals surface area contributed by atoms with Gasteiger partial charge in [0.05, 0.1) is 0 Å². The quantitative estimate of drug-likeness (QED) is 0.390. The zero-order valence-electron chi connectivity index (χ0n) is 10.9. The third-order valence-electron chi connectivity index (χ3n) is 2.85. The number of carbonyl (C=O) groups is 1. The molecule has 4 nitrogen and oxygen atoms in total. The number of aryl methyl sites for hydroxylation is 2. The molecule has 0 saturated heterocycles. The summed E-state index contributed by atoms with van der Waals surface area (Å²) in [6.45, 7) is 3.93. The number of carbonyl (C=O) groups excluding carboxylic acids is 1. The Morgan fingerprint density at radius 1 is 1.37 bits per heavy atom.